The number of esters is 1. The van der Waals surface area contributed by atoms with Crippen LogP contribution in [0.5, 0.6) is 0 Å². The fourth-order valence-corrected chi connectivity index (χ4v) is 5.02. The molecule has 2 aromatic heterocycles. The number of aromatic amines is 2. The van der Waals surface area contributed by atoms with Gasteiger partial charge in [0.2, 0.25) is 5.76 Å². The highest BCUT2D eigenvalue weighted by atomic mass is 32.2. The fraction of sp³-hybridized carbons (Fsp3) is 0.100. The summed E-state index contributed by atoms with van der Waals surface area (Å²) in [7, 11) is 0. The summed E-state index contributed by atoms with van der Waals surface area (Å²) in [5.74, 6) is -3.28. The molecule has 4 N–H and O–H groups in total. The highest BCUT2D eigenvalue weighted by Gasteiger charge is 2.60. The zero-order chi connectivity index (χ0) is 21.8. The Morgan fingerprint density at radius 1 is 1.06 bits per heavy atom. The highest BCUT2D eigenvalue weighted by molar-refractivity contribution is 8.03. The molecule has 4 aromatic rings. The van der Waals surface area contributed by atoms with Gasteiger partial charge in [0, 0.05) is 0 Å². The minimum Gasteiger partial charge on any atom is -0.501 e. The average molecular weight is 454 g/mol. The van der Waals surface area contributed by atoms with Crippen LogP contribution in [0.25, 0.3) is 22.1 Å². The van der Waals surface area contributed by atoms with Crippen LogP contribution >= 0.6 is 24.4 Å². The number of nitrogens with zero attached hydrogens (tertiary/aromatic N) is 2. The second-order valence-corrected chi connectivity index (χ2v) is 8.33. The van der Waals surface area contributed by atoms with Crippen molar-refractivity contribution in [2.45, 2.75) is 16.0 Å². The van der Waals surface area contributed by atoms with E-state index in [0.717, 1.165) is 17.3 Å². The number of carboxylic acid groups (broad SMARTS) is 1. The number of cyclic esters (lactones) is 1. The molecule has 0 fully saturated rings. The van der Waals surface area contributed by atoms with Gasteiger partial charge in [-0.3, -0.25) is 0 Å². The molecule has 31 heavy (non-hydrogen) atoms. The number of aliphatic carboxylic acids is 1. The number of fused-ring (bicyclic) bond motifs is 2. The van der Waals surface area contributed by atoms with E-state index < -0.39 is 28.5 Å². The minimum absolute atomic E-state index is 0.178. The second-order valence-electron chi connectivity index (χ2n) is 6.81. The number of nitrogens with one attached hydrogen (secondary N) is 2. The Balaban J connectivity index is 1.61. The molecule has 1 aliphatic rings. The van der Waals surface area contributed by atoms with Crippen molar-refractivity contribution in [3.63, 3.8) is 0 Å². The Morgan fingerprint density at radius 2 is 1.68 bits per heavy atom. The molecule has 2 atom stereocenters. The molecule has 5 rings (SSSR count). The fourth-order valence-electron chi connectivity index (χ4n) is 3.44. The molecule has 1 aliphatic heterocycles. The Morgan fingerprint density at radius 3 is 2.29 bits per heavy atom. The Kier molecular flexibility index (Phi) is 4.45. The monoisotopic (exact) mass is 454 g/mol. The number of carbonyl (C=O) groups is 2. The summed E-state index contributed by atoms with van der Waals surface area (Å²) >= 11 is 5.27. The van der Waals surface area contributed by atoms with E-state index in [1.165, 1.54) is 0 Å². The van der Waals surface area contributed by atoms with E-state index in [2.05, 4.69) is 32.6 Å². The maximum atomic E-state index is 12.5. The predicted molar refractivity (Wildman–Crippen MR) is 116 cm³/mol. The summed E-state index contributed by atoms with van der Waals surface area (Å²) in [6, 6.07) is 14.3. The molecule has 2 aromatic carbocycles. The van der Waals surface area contributed by atoms with Gasteiger partial charge >= 0.3 is 11.9 Å². The first-order valence-corrected chi connectivity index (χ1v) is 10.4. The van der Waals surface area contributed by atoms with Crippen molar-refractivity contribution in [3.05, 3.63) is 65.0 Å². The van der Waals surface area contributed by atoms with Crippen LogP contribution in [0.2, 0.25) is 0 Å². The number of rotatable bonds is 5. The first-order valence-electron chi connectivity index (χ1n) is 9.06. The van der Waals surface area contributed by atoms with E-state index in [0.29, 0.717) is 16.6 Å². The third kappa shape index (κ3) is 2.96. The maximum Gasteiger partial charge on any atom is 0.375 e. The van der Waals surface area contributed by atoms with Gasteiger partial charge in [0.15, 0.2) is 5.16 Å². The third-order valence-electron chi connectivity index (χ3n) is 4.94. The van der Waals surface area contributed by atoms with Crippen LogP contribution in [-0.2, 0) is 14.3 Å². The number of carboxylic acids is 1. The summed E-state index contributed by atoms with van der Waals surface area (Å²) in [6.45, 7) is 0. The molecule has 0 amide bonds. The van der Waals surface area contributed by atoms with Crippen molar-refractivity contribution >= 4 is 58.4 Å². The normalized spacial score (nSPS) is 19.8. The van der Waals surface area contributed by atoms with Gasteiger partial charge < -0.3 is 24.9 Å². The molecule has 0 saturated carbocycles. The molecule has 3 heterocycles. The third-order valence-corrected chi connectivity index (χ3v) is 6.63. The van der Waals surface area contributed by atoms with Gasteiger partial charge in [-0.05, 0) is 36.0 Å². The molecule has 0 aliphatic carbocycles. The number of carbonyl (C=O) groups excluding carboxylic acids is 1. The molecular formula is C20H14N4O5S2. The van der Waals surface area contributed by atoms with Crippen LogP contribution < -0.4 is 0 Å². The average Bonchev–Trinajstić information content (AvgIpc) is 3.43. The number of aliphatic hydroxyl groups excluding tert-OH is 1. The van der Waals surface area contributed by atoms with E-state index >= 15 is 0 Å². The van der Waals surface area contributed by atoms with Crippen LogP contribution in [0, 0.1) is 0 Å². The highest BCUT2D eigenvalue weighted by Crippen LogP contribution is 2.51. The lowest BCUT2D eigenvalue weighted by Gasteiger charge is -2.29. The lowest BCUT2D eigenvalue weighted by atomic mass is 9.98. The number of H-pyrrole nitrogens is 2. The van der Waals surface area contributed by atoms with Gasteiger partial charge in [0.1, 0.15) is 11.1 Å². The predicted octanol–water partition coefficient (Wildman–Crippen LogP) is 3.35. The molecule has 0 spiro atoms. The number of para-hydroxylation sites is 4. The van der Waals surface area contributed by atoms with E-state index in [1.54, 1.807) is 36.4 Å². The SMILES string of the molecule is O=C1OC(C(=O)O)(C(S)c2nc3ccccc3[nH]2)C(Sc2nc3ccccc3[nH]2)=C1O. The van der Waals surface area contributed by atoms with Crippen LogP contribution in [0.1, 0.15) is 11.1 Å². The first-order chi connectivity index (χ1) is 14.9. The molecule has 0 radical (unpaired) electrons. The molecule has 11 heteroatoms. The standard InChI is InChI=1S/C20H14N4O5S2/c25-13-15(31-19-23-11-7-3-4-8-12(11)24-19)20(18(27)28,29-17(13)26)14(30)16-21-9-5-1-2-6-10(9)22-16/h1-8,14,25,30H,(H,21,22)(H,23,24)(H,27,28). The number of benzene rings is 2. The maximum absolute atomic E-state index is 12.5. The number of hydrogen-bond donors (Lipinski definition) is 5. The Labute approximate surface area is 184 Å². The first kappa shape index (κ1) is 19.5. The molecule has 156 valence electrons. The molecule has 2 unspecified atom stereocenters. The van der Waals surface area contributed by atoms with Crippen molar-refractivity contribution < 1.29 is 24.5 Å². The van der Waals surface area contributed by atoms with Crippen molar-refractivity contribution in [2.24, 2.45) is 0 Å². The van der Waals surface area contributed by atoms with Gasteiger partial charge in [-0.25, -0.2) is 19.6 Å². The smallest absolute Gasteiger partial charge is 0.375 e. The summed E-state index contributed by atoms with van der Waals surface area (Å²) in [6.07, 6.45) is 0. The van der Waals surface area contributed by atoms with E-state index in [4.69, 9.17) is 4.74 Å². The number of ether oxygens (including phenoxy) is 1. The van der Waals surface area contributed by atoms with Crippen LogP contribution in [0.15, 0.2) is 64.4 Å². The molecule has 9 nitrogen and oxygen atoms in total. The number of aromatic nitrogens is 4. The van der Waals surface area contributed by atoms with Gasteiger partial charge in [0.05, 0.1) is 27.0 Å². The number of imidazole rings is 2. The van der Waals surface area contributed by atoms with E-state index in [9.17, 15) is 19.8 Å². The van der Waals surface area contributed by atoms with Crippen molar-refractivity contribution in [1.29, 1.82) is 0 Å². The summed E-state index contributed by atoms with van der Waals surface area (Å²) in [5.41, 5.74) is 0.330. The Bertz CT molecular complexity index is 1330. The second kappa shape index (κ2) is 7.06. The lowest BCUT2D eigenvalue weighted by molar-refractivity contribution is -0.168. The van der Waals surface area contributed by atoms with Crippen molar-refractivity contribution in [1.82, 2.24) is 19.9 Å². The number of thiol groups is 1. The molecule has 0 bridgehead atoms. The largest absolute Gasteiger partial charge is 0.501 e. The van der Waals surface area contributed by atoms with Gasteiger partial charge in [-0.1, -0.05) is 24.3 Å². The van der Waals surface area contributed by atoms with Crippen molar-refractivity contribution in [3.8, 4) is 0 Å². The zero-order valence-corrected chi connectivity index (χ0v) is 17.3. The summed E-state index contributed by atoms with van der Waals surface area (Å²) in [5, 5.41) is 19.6. The minimum atomic E-state index is -2.30. The van der Waals surface area contributed by atoms with Crippen molar-refractivity contribution in [2.75, 3.05) is 0 Å². The van der Waals surface area contributed by atoms with E-state index in [-0.39, 0.29) is 15.9 Å². The molecular weight excluding hydrogens is 440 g/mol. The zero-order valence-electron chi connectivity index (χ0n) is 15.6. The van der Waals surface area contributed by atoms with Crippen LogP contribution in [-0.4, -0.2) is 47.7 Å². The Hall–Kier alpha value is -3.44. The van der Waals surface area contributed by atoms with Gasteiger partial charge in [-0.2, -0.15) is 12.6 Å². The lowest BCUT2D eigenvalue weighted by Crippen LogP contribution is -2.45. The summed E-state index contributed by atoms with van der Waals surface area (Å²) < 4.78 is 5.23. The van der Waals surface area contributed by atoms with E-state index in [1.807, 2.05) is 12.1 Å². The number of thioether (sulfide) groups is 1. The van der Waals surface area contributed by atoms with Gasteiger partial charge in [0.25, 0.3) is 5.60 Å². The number of hydrogen-bond acceptors (Lipinski definition) is 8. The molecule has 0 saturated heterocycles. The summed E-state index contributed by atoms with van der Waals surface area (Å²) in [4.78, 5) is 39.3. The van der Waals surface area contributed by atoms with Gasteiger partial charge in [-0.15, -0.1) is 0 Å². The topological polar surface area (TPSA) is 141 Å². The van der Waals surface area contributed by atoms with Crippen LogP contribution in [0.3, 0.4) is 0 Å². The number of aliphatic hydroxyl groups is 1. The quantitative estimate of drug-likeness (QED) is 0.228. The van der Waals surface area contributed by atoms with Crippen LogP contribution in [0.4, 0.5) is 0 Å².